The van der Waals surface area contributed by atoms with Crippen LogP contribution in [0.25, 0.3) is 6.08 Å². The number of aromatic amines is 1. The van der Waals surface area contributed by atoms with Crippen molar-refractivity contribution in [2.45, 2.75) is 26.2 Å². The molecule has 1 heterocycles. The van der Waals surface area contributed by atoms with E-state index in [0.717, 1.165) is 17.7 Å². The van der Waals surface area contributed by atoms with Gasteiger partial charge in [0.25, 0.3) is 5.56 Å². The molecule has 1 aromatic carbocycles. The maximum Gasteiger partial charge on any atom is 0.416 e. The number of halogens is 3. The summed E-state index contributed by atoms with van der Waals surface area (Å²) < 4.78 is 44.6. The van der Waals surface area contributed by atoms with E-state index < -0.39 is 23.0 Å². The van der Waals surface area contributed by atoms with Gasteiger partial charge in [-0.2, -0.15) is 13.2 Å². The smallest absolute Gasteiger partial charge is 0.383 e. The zero-order chi connectivity index (χ0) is 20.7. The van der Waals surface area contributed by atoms with E-state index in [1.54, 1.807) is 19.1 Å². The summed E-state index contributed by atoms with van der Waals surface area (Å²) in [5.41, 5.74) is -0.0740. The molecule has 2 rings (SSSR count). The molecular weight excluding hydrogens is 375 g/mol. The number of hydrogen-bond donors (Lipinski definition) is 2. The Balaban J connectivity index is 2.02. The third-order valence-corrected chi connectivity index (χ3v) is 3.97. The molecule has 0 saturated carbocycles. The van der Waals surface area contributed by atoms with Gasteiger partial charge in [0.05, 0.1) is 18.7 Å². The van der Waals surface area contributed by atoms with E-state index in [1.807, 2.05) is 0 Å². The highest BCUT2D eigenvalue weighted by Crippen LogP contribution is 2.29. The molecule has 0 saturated heterocycles. The first kappa shape index (κ1) is 21.6. The number of ether oxygens (including phenoxy) is 1. The van der Waals surface area contributed by atoms with Gasteiger partial charge >= 0.3 is 11.9 Å². The van der Waals surface area contributed by atoms with E-state index in [0.29, 0.717) is 30.8 Å². The third kappa shape index (κ3) is 6.21. The second-order valence-electron chi connectivity index (χ2n) is 6.32. The van der Waals surface area contributed by atoms with Gasteiger partial charge in [-0.05, 0) is 24.6 Å². The number of rotatable bonds is 8. The second-order valence-corrected chi connectivity index (χ2v) is 6.32. The molecule has 0 atom stereocenters. The van der Waals surface area contributed by atoms with Crippen LogP contribution in [-0.4, -0.2) is 29.8 Å². The largest absolute Gasteiger partial charge is 0.416 e. The molecule has 2 N–H and O–H groups in total. The van der Waals surface area contributed by atoms with Gasteiger partial charge in [-0.1, -0.05) is 23.8 Å². The van der Waals surface area contributed by atoms with Crippen LogP contribution < -0.4 is 16.6 Å². The van der Waals surface area contributed by atoms with Crippen molar-refractivity contribution < 1.29 is 17.9 Å². The molecule has 2 aromatic rings. The van der Waals surface area contributed by atoms with Crippen LogP contribution in [-0.2, 0) is 24.0 Å². The molecule has 0 aliphatic carbocycles. The molecule has 0 fully saturated rings. The van der Waals surface area contributed by atoms with Crippen LogP contribution in [0.4, 0.5) is 13.2 Å². The Morgan fingerprint density at radius 3 is 2.75 bits per heavy atom. The normalized spacial score (nSPS) is 12.4. The number of aromatic nitrogens is 2. The molecule has 0 radical (unpaired) electrons. The highest BCUT2D eigenvalue weighted by atomic mass is 19.4. The average Bonchev–Trinajstić information content (AvgIpc) is 2.62. The Morgan fingerprint density at radius 2 is 2.07 bits per heavy atom. The van der Waals surface area contributed by atoms with Crippen LogP contribution in [0.5, 0.6) is 0 Å². The van der Waals surface area contributed by atoms with Crippen LogP contribution in [0.3, 0.4) is 0 Å². The quantitative estimate of drug-likeness (QED) is 0.717. The summed E-state index contributed by atoms with van der Waals surface area (Å²) >= 11 is 0. The lowest BCUT2D eigenvalue weighted by Gasteiger charge is -2.09. The minimum Gasteiger partial charge on any atom is -0.383 e. The molecule has 28 heavy (non-hydrogen) atoms. The minimum atomic E-state index is -4.39. The van der Waals surface area contributed by atoms with E-state index in [2.05, 4.69) is 10.3 Å². The Morgan fingerprint density at radius 1 is 1.32 bits per heavy atom. The maximum absolute atomic E-state index is 12.8. The number of nitrogens with zero attached hydrogens (tertiary/aromatic N) is 1. The van der Waals surface area contributed by atoms with Gasteiger partial charge in [0.15, 0.2) is 0 Å². The maximum atomic E-state index is 12.8. The summed E-state index contributed by atoms with van der Waals surface area (Å²) in [5.74, 6) is 0. The van der Waals surface area contributed by atoms with Crippen molar-refractivity contribution in [2.24, 2.45) is 0 Å². The van der Waals surface area contributed by atoms with Crippen LogP contribution in [0.1, 0.15) is 23.6 Å². The molecule has 9 heteroatoms. The molecule has 0 bridgehead atoms. The number of alkyl halides is 3. The summed E-state index contributed by atoms with van der Waals surface area (Å²) in [4.78, 5) is 25.9. The first-order valence-corrected chi connectivity index (χ1v) is 8.57. The van der Waals surface area contributed by atoms with Crippen molar-refractivity contribution in [3.05, 3.63) is 73.6 Å². The number of methoxy groups -OCH3 is 1. The molecule has 0 aliphatic heterocycles. The average molecular weight is 397 g/mol. The van der Waals surface area contributed by atoms with Gasteiger partial charge in [-0.15, -0.1) is 0 Å². The number of H-pyrrole nitrogens is 1. The topological polar surface area (TPSA) is 76.1 Å². The summed E-state index contributed by atoms with van der Waals surface area (Å²) in [6.45, 7) is 2.99. The van der Waals surface area contributed by atoms with Crippen LogP contribution in [0, 0.1) is 0 Å². The molecule has 0 amide bonds. The molecule has 0 spiro atoms. The van der Waals surface area contributed by atoms with Gasteiger partial charge in [0, 0.05) is 32.0 Å². The van der Waals surface area contributed by atoms with Gasteiger partial charge < -0.3 is 10.1 Å². The van der Waals surface area contributed by atoms with E-state index in [1.165, 1.54) is 23.9 Å². The SMILES string of the molecule is COCCn1cc(CNC/C(C)=C/c2cccc(C(F)(F)F)c2)c(=O)[nH]c1=O. The number of hydrogen-bond acceptors (Lipinski definition) is 4. The number of nitrogens with one attached hydrogen (secondary N) is 2. The van der Waals surface area contributed by atoms with Crippen molar-refractivity contribution in [1.82, 2.24) is 14.9 Å². The lowest BCUT2D eigenvalue weighted by Crippen LogP contribution is -2.34. The summed E-state index contributed by atoms with van der Waals surface area (Å²) in [7, 11) is 1.51. The summed E-state index contributed by atoms with van der Waals surface area (Å²) in [6.07, 6.45) is -1.27. The Labute approximate surface area is 159 Å². The molecule has 0 unspecified atom stereocenters. The first-order valence-electron chi connectivity index (χ1n) is 8.57. The van der Waals surface area contributed by atoms with E-state index in [4.69, 9.17) is 4.74 Å². The predicted molar refractivity (Wildman–Crippen MR) is 100 cm³/mol. The van der Waals surface area contributed by atoms with Gasteiger partial charge in [-0.25, -0.2) is 4.79 Å². The van der Waals surface area contributed by atoms with Crippen molar-refractivity contribution in [3.8, 4) is 0 Å². The number of benzene rings is 1. The molecule has 152 valence electrons. The lowest BCUT2D eigenvalue weighted by atomic mass is 10.1. The fourth-order valence-corrected chi connectivity index (χ4v) is 2.57. The van der Waals surface area contributed by atoms with Crippen LogP contribution >= 0.6 is 0 Å². The Kier molecular flexibility index (Phi) is 7.36. The molecule has 6 nitrogen and oxygen atoms in total. The summed E-state index contributed by atoms with van der Waals surface area (Å²) in [5, 5.41) is 3.05. The summed E-state index contributed by atoms with van der Waals surface area (Å²) in [6, 6.07) is 5.06. The van der Waals surface area contributed by atoms with E-state index in [-0.39, 0.29) is 6.54 Å². The predicted octanol–water partition coefficient (Wildman–Crippen LogP) is 2.39. The van der Waals surface area contributed by atoms with E-state index in [9.17, 15) is 22.8 Å². The van der Waals surface area contributed by atoms with Gasteiger partial charge in [0.2, 0.25) is 0 Å². The monoisotopic (exact) mass is 397 g/mol. The van der Waals surface area contributed by atoms with Gasteiger partial charge in [-0.3, -0.25) is 14.3 Å². The minimum absolute atomic E-state index is 0.205. The van der Waals surface area contributed by atoms with Crippen molar-refractivity contribution in [2.75, 3.05) is 20.3 Å². The third-order valence-electron chi connectivity index (χ3n) is 3.97. The lowest BCUT2D eigenvalue weighted by molar-refractivity contribution is -0.137. The molecular formula is C19H22F3N3O3. The molecule has 1 aromatic heterocycles. The standard InChI is InChI=1S/C19H22F3N3O3/c1-13(8-14-4-3-5-16(9-14)19(20,21)22)10-23-11-15-12-25(6-7-28-2)18(27)24-17(15)26/h3-5,8-9,12,23H,6-7,10-11H2,1-2H3,(H,24,26,27)/b13-8+. The van der Waals surface area contributed by atoms with Gasteiger partial charge in [0.1, 0.15) is 0 Å². The van der Waals surface area contributed by atoms with Crippen LogP contribution in [0.2, 0.25) is 0 Å². The highest BCUT2D eigenvalue weighted by molar-refractivity contribution is 5.54. The van der Waals surface area contributed by atoms with E-state index >= 15 is 0 Å². The zero-order valence-electron chi connectivity index (χ0n) is 15.6. The fraction of sp³-hybridized carbons (Fsp3) is 0.368. The van der Waals surface area contributed by atoms with Crippen molar-refractivity contribution in [3.63, 3.8) is 0 Å². The first-order chi connectivity index (χ1) is 13.2. The molecule has 0 aliphatic rings. The highest BCUT2D eigenvalue weighted by Gasteiger charge is 2.30. The zero-order valence-corrected chi connectivity index (χ0v) is 15.6. The van der Waals surface area contributed by atoms with Crippen molar-refractivity contribution >= 4 is 6.08 Å². The van der Waals surface area contributed by atoms with Crippen molar-refractivity contribution in [1.29, 1.82) is 0 Å². The second kappa shape index (κ2) is 9.52. The Hall–Kier alpha value is -2.65. The fourth-order valence-electron chi connectivity index (χ4n) is 2.57. The Bertz CT molecular complexity index is 946. The van der Waals surface area contributed by atoms with Crippen LogP contribution in [0.15, 0.2) is 45.6 Å².